The largest absolute Gasteiger partial charge is 0.456 e. The quantitative estimate of drug-likeness (QED) is 0.282. The molecule has 0 bridgehead atoms. The maximum absolute atomic E-state index is 6.29. The molecule has 6 rings (SSSR count). The highest BCUT2D eigenvalue weighted by molar-refractivity contribution is 6.17. The van der Waals surface area contributed by atoms with Crippen molar-refractivity contribution in [3.63, 3.8) is 0 Å². The zero-order valence-electron chi connectivity index (χ0n) is 14.6. The Morgan fingerprint density at radius 3 is 2.22 bits per heavy atom. The van der Waals surface area contributed by atoms with Crippen LogP contribution in [-0.4, -0.2) is 0 Å². The van der Waals surface area contributed by atoms with Gasteiger partial charge in [-0.1, -0.05) is 72.8 Å². The summed E-state index contributed by atoms with van der Waals surface area (Å²) < 4.78 is 6.29. The van der Waals surface area contributed by atoms with Crippen molar-refractivity contribution in [3.05, 3.63) is 97.1 Å². The predicted molar refractivity (Wildman–Crippen MR) is 112 cm³/mol. The van der Waals surface area contributed by atoms with Gasteiger partial charge in [-0.15, -0.1) is 0 Å². The number of rotatable bonds is 1. The first-order valence-electron chi connectivity index (χ1n) is 9.21. The van der Waals surface area contributed by atoms with Crippen molar-refractivity contribution in [2.75, 3.05) is 0 Å². The van der Waals surface area contributed by atoms with Crippen LogP contribution in [0.3, 0.4) is 0 Å². The molecular formula is C26H16O. The van der Waals surface area contributed by atoms with Gasteiger partial charge in [0, 0.05) is 10.9 Å². The second-order valence-corrected chi connectivity index (χ2v) is 7.00. The third-order valence-corrected chi connectivity index (χ3v) is 5.44. The van der Waals surface area contributed by atoms with Gasteiger partial charge in [-0.25, -0.2) is 0 Å². The summed E-state index contributed by atoms with van der Waals surface area (Å²) in [5.74, 6) is 1.86. The molecule has 0 aromatic heterocycles. The van der Waals surface area contributed by atoms with E-state index in [1.54, 1.807) is 0 Å². The van der Waals surface area contributed by atoms with E-state index in [0.29, 0.717) is 0 Å². The van der Waals surface area contributed by atoms with Gasteiger partial charge in [0.05, 0.1) is 0 Å². The lowest BCUT2D eigenvalue weighted by atomic mass is 9.89. The van der Waals surface area contributed by atoms with E-state index < -0.39 is 0 Å². The molecule has 0 atom stereocenters. The molecule has 0 radical (unpaired) electrons. The summed E-state index contributed by atoms with van der Waals surface area (Å²) in [7, 11) is 0. The fourth-order valence-corrected chi connectivity index (χ4v) is 4.18. The smallest absolute Gasteiger partial charge is 0.135 e. The molecule has 0 amide bonds. The topological polar surface area (TPSA) is 9.23 Å². The lowest BCUT2D eigenvalue weighted by molar-refractivity contribution is 0.487. The van der Waals surface area contributed by atoms with E-state index >= 15 is 0 Å². The predicted octanol–water partition coefficient (Wildman–Crippen LogP) is 7.43. The van der Waals surface area contributed by atoms with Gasteiger partial charge in [0.2, 0.25) is 0 Å². The second-order valence-electron chi connectivity index (χ2n) is 7.00. The molecule has 0 saturated carbocycles. The molecule has 1 heteroatoms. The number of benzene rings is 5. The van der Waals surface area contributed by atoms with Crippen LogP contribution in [0.25, 0.3) is 43.8 Å². The number of hydrogen-bond donors (Lipinski definition) is 0. The fourth-order valence-electron chi connectivity index (χ4n) is 4.18. The van der Waals surface area contributed by atoms with Gasteiger partial charge in [0.15, 0.2) is 0 Å². The third-order valence-electron chi connectivity index (χ3n) is 5.44. The SMILES string of the molecule is c1ccc(-c2ccc3c(c2)-c2cc4ccccc4c4cccc(c24)O3)cc1. The first-order chi connectivity index (χ1) is 13.4. The minimum absolute atomic E-state index is 0.921. The minimum atomic E-state index is 0.921. The summed E-state index contributed by atoms with van der Waals surface area (Å²) in [6.07, 6.45) is 0. The van der Waals surface area contributed by atoms with E-state index in [1.807, 2.05) is 6.07 Å². The number of ether oxygens (including phenoxy) is 1. The van der Waals surface area contributed by atoms with E-state index in [0.717, 1.165) is 17.1 Å². The Morgan fingerprint density at radius 1 is 0.481 bits per heavy atom. The van der Waals surface area contributed by atoms with Crippen molar-refractivity contribution >= 4 is 21.5 Å². The maximum Gasteiger partial charge on any atom is 0.135 e. The van der Waals surface area contributed by atoms with Crippen LogP contribution in [0.1, 0.15) is 0 Å². The summed E-state index contributed by atoms with van der Waals surface area (Å²) in [5.41, 5.74) is 4.83. The second kappa shape index (κ2) is 5.46. The fraction of sp³-hybridized carbons (Fsp3) is 0. The Morgan fingerprint density at radius 2 is 1.30 bits per heavy atom. The van der Waals surface area contributed by atoms with Crippen molar-refractivity contribution in [1.82, 2.24) is 0 Å². The molecule has 126 valence electrons. The van der Waals surface area contributed by atoms with E-state index in [2.05, 4.69) is 91.0 Å². The van der Waals surface area contributed by atoms with Crippen LogP contribution in [0.4, 0.5) is 0 Å². The van der Waals surface area contributed by atoms with Gasteiger partial charge in [0.1, 0.15) is 11.5 Å². The van der Waals surface area contributed by atoms with Gasteiger partial charge >= 0.3 is 0 Å². The van der Waals surface area contributed by atoms with Crippen LogP contribution in [0.15, 0.2) is 97.1 Å². The lowest BCUT2D eigenvalue weighted by Gasteiger charge is -2.23. The molecule has 1 nitrogen and oxygen atoms in total. The summed E-state index contributed by atoms with van der Waals surface area (Å²) in [5, 5.41) is 4.98. The zero-order valence-corrected chi connectivity index (χ0v) is 14.6. The summed E-state index contributed by atoms with van der Waals surface area (Å²) in [6.45, 7) is 0. The van der Waals surface area contributed by atoms with Crippen molar-refractivity contribution in [2.24, 2.45) is 0 Å². The molecule has 1 aliphatic heterocycles. The van der Waals surface area contributed by atoms with Crippen LogP contribution in [0.5, 0.6) is 11.5 Å². The Bertz CT molecular complexity index is 1330. The molecule has 5 aromatic rings. The molecule has 1 aliphatic rings. The van der Waals surface area contributed by atoms with Gasteiger partial charge in [-0.2, -0.15) is 0 Å². The van der Waals surface area contributed by atoms with Crippen LogP contribution >= 0.6 is 0 Å². The Kier molecular flexibility index (Phi) is 2.95. The van der Waals surface area contributed by atoms with Gasteiger partial charge in [-0.3, -0.25) is 0 Å². The van der Waals surface area contributed by atoms with E-state index in [1.165, 1.54) is 38.2 Å². The monoisotopic (exact) mass is 344 g/mol. The van der Waals surface area contributed by atoms with Crippen molar-refractivity contribution in [1.29, 1.82) is 0 Å². The Balaban J connectivity index is 1.71. The maximum atomic E-state index is 6.29. The molecule has 0 spiro atoms. The van der Waals surface area contributed by atoms with Crippen molar-refractivity contribution in [2.45, 2.75) is 0 Å². The normalized spacial score (nSPS) is 12.0. The van der Waals surface area contributed by atoms with Crippen molar-refractivity contribution < 1.29 is 4.74 Å². The van der Waals surface area contributed by atoms with Crippen LogP contribution in [0.2, 0.25) is 0 Å². The van der Waals surface area contributed by atoms with Gasteiger partial charge in [0.25, 0.3) is 0 Å². The summed E-state index contributed by atoms with van der Waals surface area (Å²) in [4.78, 5) is 0. The molecule has 0 saturated heterocycles. The third kappa shape index (κ3) is 2.12. The molecule has 0 fully saturated rings. The van der Waals surface area contributed by atoms with Crippen LogP contribution in [0, 0.1) is 0 Å². The average molecular weight is 344 g/mol. The standard InChI is InChI=1S/C26H16O/c1-2-7-17(8-3-1)18-13-14-24-22(15-18)23-16-19-9-4-5-10-20(19)21-11-6-12-25(27-24)26(21)23/h1-16H. The average Bonchev–Trinajstić information content (AvgIpc) is 2.74. The van der Waals surface area contributed by atoms with E-state index in [-0.39, 0.29) is 0 Å². The molecule has 0 unspecified atom stereocenters. The minimum Gasteiger partial charge on any atom is -0.456 e. The zero-order chi connectivity index (χ0) is 17.8. The highest BCUT2D eigenvalue weighted by atomic mass is 16.5. The molecule has 5 aromatic carbocycles. The number of hydrogen-bond acceptors (Lipinski definition) is 1. The van der Waals surface area contributed by atoms with Crippen molar-refractivity contribution in [3.8, 4) is 33.8 Å². The van der Waals surface area contributed by atoms with E-state index in [9.17, 15) is 0 Å². The van der Waals surface area contributed by atoms with Gasteiger partial charge in [-0.05, 0) is 57.1 Å². The highest BCUT2D eigenvalue weighted by Crippen LogP contribution is 2.49. The summed E-state index contributed by atoms with van der Waals surface area (Å²) in [6, 6.07) is 34.2. The Hall–Kier alpha value is -3.58. The van der Waals surface area contributed by atoms with Crippen LogP contribution < -0.4 is 4.74 Å². The van der Waals surface area contributed by atoms with Gasteiger partial charge < -0.3 is 4.74 Å². The molecular weight excluding hydrogens is 328 g/mol. The lowest BCUT2D eigenvalue weighted by Crippen LogP contribution is -1.98. The van der Waals surface area contributed by atoms with Crippen LogP contribution in [-0.2, 0) is 0 Å². The first kappa shape index (κ1) is 14.6. The highest BCUT2D eigenvalue weighted by Gasteiger charge is 2.21. The molecule has 0 N–H and O–H groups in total. The molecule has 0 aliphatic carbocycles. The summed E-state index contributed by atoms with van der Waals surface area (Å²) >= 11 is 0. The first-order valence-corrected chi connectivity index (χ1v) is 9.21. The number of fused-ring (bicyclic) bond motifs is 4. The Labute approximate surface area is 157 Å². The van der Waals surface area contributed by atoms with E-state index in [4.69, 9.17) is 4.74 Å². The molecule has 1 heterocycles. The molecule has 27 heavy (non-hydrogen) atoms.